The fraction of sp³-hybridized carbons (Fsp3) is 0.250. The average molecular weight is 337 g/mol. The molecule has 2 heterocycles. The van der Waals surface area contributed by atoms with Crippen LogP contribution < -0.4 is 0 Å². The fourth-order valence-corrected chi connectivity index (χ4v) is 2.12. The van der Waals surface area contributed by atoms with Gasteiger partial charge < -0.3 is 9.47 Å². The van der Waals surface area contributed by atoms with E-state index in [9.17, 15) is 22.8 Å². The number of hydrogen-bond acceptors (Lipinski definition) is 5. The van der Waals surface area contributed by atoms with Crippen molar-refractivity contribution in [2.75, 3.05) is 14.2 Å². The predicted octanol–water partition coefficient (Wildman–Crippen LogP) is 2.58. The Labute approximate surface area is 126 Å². The highest BCUT2D eigenvalue weighted by molar-refractivity contribution is 6.35. The van der Waals surface area contributed by atoms with Gasteiger partial charge >= 0.3 is 18.1 Å². The summed E-state index contributed by atoms with van der Waals surface area (Å²) in [6.07, 6.45) is -4.05. The highest BCUT2D eigenvalue weighted by Crippen LogP contribution is 2.34. The molecule has 2 aromatic heterocycles. The van der Waals surface area contributed by atoms with Crippen molar-refractivity contribution in [2.45, 2.75) is 6.18 Å². The molecule has 0 amide bonds. The Bertz CT molecular complexity index is 770. The van der Waals surface area contributed by atoms with Crippen molar-refractivity contribution in [1.29, 1.82) is 0 Å². The molecule has 0 aromatic carbocycles. The number of hydrogen-bond donors (Lipinski definition) is 0. The molecule has 0 radical (unpaired) electrons. The molecule has 0 bridgehead atoms. The standard InChI is InChI=1S/C12H8ClF3N2O4/c1-21-10(19)7-8(11(20)22-2)17-18-4-5(12(14,15)16)3-6(13)9(7)18/h3-4H,1-2H3. The third-order valence-electron chi connectivity index (χ3n) is 2.78. The lowest BCUT2D eigenvalue weighted by molar-refractivity contribution is -0.137. The first-order valence-electron chi connectivity index (χ1n) is 5.66. The Morgan fingerprint density at radius 3 is 2.32 bits per heavy atom. The number of pyridine rings is 1. The highest BCUT2D eigenvalue weighted by Gasteiger charge is 2.34. The largest absolute Gasteiger partial charge is 0.465 e. The van der Waals surface area contributed by atoms with E-state index in [-0.39, 0.29) is 11.1 Å². The van der Waals surface area contributed by atoms with Gasteiger partial charge in [-0.3, -0.25) is 0 Å². The maximum absolute atomic E-state index is 12.8. The Kier molecular flexibility index (Phi) is 4.01. The number of nitrogens with zero attached hydrogens (tertiary/aromatic N) is 2. The molecule has 0 unspecified atom stereocenters. The van der Waals surface area contributed by atoms with E-state index in [4.69, 9.17) is 11.6 Å². The summed E-state index contributed by atoms with van der Waals surface area (Å²) in [6.45, 7) is 0. The molecule has 2 rings (SSSR count). The van der Waals surface area contributed by atoms with E-state index >= 15 is 0 Å². The number of esters is 2. The minimum absolute atomic E-state index is 0.179. The number of aromatic nitrogens is 2. The lowest BCUT2D eigenvalue weighted by Crippen LogP contribution is -2.10. The van der Waals surface area contributed by atoms with Crippen LogP contribution in [0.5, 0.6) is 0 Å². The molecule has 118 valence electrons. The van der Waals surface area contributed by atoms with Gasteiger partial charge in [-0.25, -0.2) is 14.1 Å². The Hall–Kier alpha value is -2.29. The van der Waals surface area contributed by atoms with Crippen LogP contribution in [0.1, 0.15) is 26.4 Å². The van der Waals surface area contributed by atoms with E-state index in [1.165, 1.54) is 0 Å². The lowest BCUT2D eigenvalue weighted by Gasteiger charge is -2.08. The van der Waals surface area contributed by atoms with Crippen molar-refractivity contribution in [3.63, 3.8) is 0 Å². The van der Waals surface area contributed by atoms with Gasteiger partial charge in [-0.05, 0) is 6.07 Å². The second-order valence-electron chi connectivity index (χ2n) is 4.07. The van der Waals surface area contributed by atoms with Crippen LogP contribution in [0.15, 0.2) is 12.3 Å². The van der Waals surface area contributed by atoms with Crippen molar-refractivity contribution < 1.29 is 32.2 Å². The number of carbonyl (C=O) groups excluding carboxylic acids is 2. The number of ether oxygens (including phenoxy) is 2. The van der Waals surface area contributed by atoms with Gasteiger partial charge in [-0.2, -0.15) is 18.3 Å². The highest BCUT2D eigenvalue weighted by atomic mass is 35.5. The van der Waals surface area contributed by atoms with Gasteiger partial charge in [0.1, 0.15) is 11.1 Å². The monoisotopic (exact) mass is 336 g/mol. The Balaban J connectivity index is 2.84. The molecule has 0 saturated heterocycles. The quantitative estimate of drug-likeness (QED) is 0.788. The fourth-order valence-electron chi connectivity index (χ4n) is 1.82. The van der Waals surface area contributed by atoms with Gasteiger partial charge in [-0.1, -0.05) is 11.6 Å². The Morgan fingerprint density at radius 2 is 1.82 bits per heavy atom. The summed E-state index contributed by atoms with van der Waals surface area (Å²) in [5, 5.41) is 3.24. The van der Waals surface area contributed by atoms with E-state index < -0.39 is 34.4 Å². The van der Waals surface area contributed by atoms with Crippen LogP contribution in [0, 0.1) is 0 Å². The summed E-state index contributed by atoms with van der Waals surface area (Å²) in [5.41, 5.74) is -2.12. The number of rotatable bonds is 2. The first kappa shape index (κ1) is 16.1. The van der Waals surface area contributed by atoms with Crippen LogP contribution in [0.25, 0.3) is 5.52 Å². The summed E-state index contributed by atoms with van der Waals surface area (Å²) in [7, 11) is 2.08. The molecule has 0 N–H and O–H groups in total. The summed E-state index contributed by atoms with van der Waals surface area (Å²) in [6, 6.07) is 0.631. The van der Waals surface area contributed by atoms with Crippen molar-refractivity contribution in [3.05, 3.63) is 34.1 Å². The van der Waals surface area contributed by atoms with Crippen LogP contribution in [0.3, 0.4) is 0 Å². The van der Waals surface area contributed by atoms with Crippen LogP contribution in [-0.2, 0) is 15.7 Å². The second-order valence-corrected chi connectivity index (χ2v) is 4.48. The number of methoxy groups -OCH3 is 2. The average Bonchev–Trinajstić information content (AvgIpc) is 2.84. The van der Waals surface area contributed by atoms with E-state index in [0.29, 0.717) is 16.8 Å². The molecule has 2 aromatic rings. The molecular weight excluding hydrogens is 329 g/mol. The third kappa shape index (κ3) is 2.59. The molecule has 0 spiro atoms. The molecule has 0 atom stereocenters. The zero-order valence-electron chi connectivity index (χ0n) is 11.2. The van der Waals surface area contributed by atoms with Gasteiger partial charge in [0.25, 0.3) is 0 Å². The maximum Gasteiger partial charge on any atom is 0.417 e. The van der Waals surface area contributed by atoms with Crippen molar-refractivity contribution >= 4 is 29.1 Å². The third-order valence-corrected chi connectivity index (χ3v) is 3.06. The second kappa shape index (κ2) is 5.48. The normalized spacial score (nSPS) is 11.5. The van der Waals surface area contributed by atoms with Gasteiger partial charge in [-0.15, -0.1) is 0 Å². The summed E-state index contributed by atoms with van der Waals surface area (Å²) in [5.74, 6) is -1.98. The number of alkyl halides is 3. The van der Waals surface area contributed by atoms with Gasteiger partial charge in [0, 0.05) is 6.20 Å². The molecule has 6 nitrogen and oxygen atoms in total. The van der Waals surface area contributed by atoms with Crippen molar-refractivity contribution in [3.8, 4) is 0 Å². The van der Waals surface area contributed by atoms with Gasteiger partial charge in [0.2, 0.25) is 0 Å². The molecular formula is C12H8ClF3N2O4. The molecule has 0 aliphatic heterocycles. The number of carbonyl (C=O) groups is 2. The minimum Gasteiger partial charge on any atom is -0.465 e. The van der Waals surface area contributed by atoms with Crippen LogP contribution in [-0.4, -0.2) is 35.8 Å². The zero-order valence-corrected chi connectivity index (χ0v) is 11.9. The first-order valence-corrected chi connectivity index (χ1v) is 6.04. The van der Waals surface area contributed by atoms with Crippen molar-refractivity contribution in [2.24, 2.45) is 0 Å². The van der Waals surface area contributed by atoms with Crippen LogP contribution >= 0.6 is 11.6 Å². The summed E-state index contributed by atoms with van der Waals surface area (Å²) >= 11 is 5.81. The SMILES string of the molecule is COC(=O)c1nn2cc(C(F)(F)F)cc(Cl)c2c1C(=O)OC. The van der Waals surface area contributed by atoms with Gasteiger partial charge in [0.15, 0.2) is 5.69 Å². The molecule has 0 aliphatic carbocycles. The predicted molar refractivity (Wildman–Crippen MR) is 67.9 cm³/mol. The molecule has 0 fully saturated rings. The minimum atomic E-state index is -4.67. The van der Waals surface area contributed by atoms with Crippen LogP contribution in [0.4, 0.5) is 13.2 Å². The smallest absolute Gasteiger partial charge is 0.417 e. The molecule has 10 heteroatoms. The van der Waals surface area contributed by atoms with E-state index in [1.54, 1.807) is 0 Å². The number of fused-ring (bicyclic) bond motifs is 1. The summed E-state index contributed by atoms with van der Waals surface area (Å²) in [4.78, 5) is 23.4. The van der Waals surface area contributed by atoms with E-state index in [0.717, 1.165) is 14.2 Å². The van der Waals surface area contributed by atoms with E-state index in [2.05, 4.69) is 14.6 Å². The zero-order chi connectivity index (χ0) is 16.7. The lowest BCUT2D eigenvalue weighted by atomic mass is 10.1. The number of halogens is 4. The van der Waals surface area contributed by atoms with Crippen molar-refractivity contribution in [1.82, 2.24) is 9.61 Å². The molecule has 22 heavy (non-hydrogen) atoms. The molecule has 0 aliphatic rings. The molecule has 0 saturated carbocycles. The summed E-state index contributed by atoms with van der Waals surface area (Å²) < 4.78 is 48.0. The Morgan fingerprint density at radius 1 is 1.23 bits per heavy atom. The first-order chi connectivity index (χ1) is 10.2. The maximum atomic E-state index is 12.8. The van der Waals surface area contributed by atoms with Crippen LogP contribution in [0.2, 0.25) is 5.02 Å². The topological polar surface area (TPSA) is 69.9 Å². The van der Waals surface area contributed by atoms with E-state index in [1.807, 2.05) is 0 Å². The van der Waals surface area contributed by atoms with Gasteiger partial charge in [0.05, 0.1) is 24.8 Å².